The third kappa shape index (κ3) is 3.54. The van der Waals surface area contributed by atoms with Crippen LogP contribution in [-0.2, 0) is 31.1 Å². The van der Waals surface area contributed by atoms with Crippen LogP contribution < -0.4 is 0 Å². The predicted octanol–water partition coefficient (Wildman–Crippen LogP) is 4.34. The van der Waals surface area contributed by atoms with Crippen LogP contribution in [-0.4, -0.2) is 39.5 Å². The van der Waals surface area contributed by atoms with Gasteiger partial charge in [-0.3, -0.25) is 14.3 Å². The van der Waals surface area contributed by atoms with Gasteiger partial charge in [-0.1, -0.05) is 30.3 Å². The van der Waals surface area contributed by atoms with Crippen LogP contribution in [0.5, 0.6) is 0 Å². The van der Waals surface area contributed by atoms with Gasteiger partial charge in [0.1, 0.15) is 0 Å². The summed E-state index contributed by atoms with van der Waals surface area (Å²) in [5, 5.41) is 6.83. The summed E-state index contributed by atoms with van der Waals surface area (Å²) in [5.74, 6) is 0.218. The largest absolute Gasteiger partial charge is 0.342 e. The Morgan fingerprint density at radius 3 is 2.62 bits per heavy atom. The Balaban J connectivity index is 1.31. The van der Waals surface area contributed by atoms with Gasteiger partial charge in [-0.05, 0) is 73.4 Å². The first-order valence-corrected chi connectivity index (χ1v) is 11.8. The lowest BCUT2D eigenvalue weighted by Crippen LogP contribution is -2.42. The molecule has 1 fully saturated rings. The molecule has 1 unspecified atom stereocenters. The number of Topliss-reactive ketones (excluding diaryl/α,β-unsaturated/α-hetero) is 1. The summed E-state index contributed by atoms with van der Waals surface area (Å²) in [6, 6.07) is 10.5. The fourth-order valence-corrected chi connectivity index (χ4v) is 5.67. The molecule has 1 aliphatic carbocycles. The van der Waals surface area contributed by atoms with Gasteiger partial charge in [0.15, 0.2) is 5.78 Å². The van der Waals surface area contributed by atoms with Crippen molar-refractivity contribution in [1.82, 2.24) is 14.7 Å². The summed E-state index contributed by atoms with van der Waals surface area (Å²) in [7, 11) is 1.94. The van der Waals surface area contributed by atoms with Crippen molar-refractivity contribution in [2.24, 2.45) is 13.0 Å². The van der Waals surface area contributed by atoms with Crippen molar-refractivity contribution in [2.75, 3.05) is 13.1 Å². The molecule has 32 heavy (non-hydrogen) atoms. The highest BCUT2D eigenvalue weighted by atomic mass is 16.2. The van der Waals surface area contributed by atoms with Gasteiger partial charge in [0.25, 0.3) is 0 Å². The number of hydrogen-bond acceptors (Lipinski definition) is 3. The van der Waals surface area contributed by atoms with Crippen LogP contribution in [0.2, 0.25) is 0 Å². The molecule has 2 heterocycles. The lowest BCUT2D eigenvalue weighted by atomic mass is 9.87. The molecule has 2 aliphatic rings. The van der Waals surface area contributed by atoms with Gasteiger partial charge in [-0.15, -0.1) is 0 Å². The first-order valence-electron chi connectivity index (χ1n) is 11.8. The zero-order valence-electron chi connectivity index (χ0n) is 19.3. The fraction of sp³-hybridized carbons (Fsp3) is 0.444. The molecule has 0 radical (unpaired) electrons. The number of aryl methyl sites for hydroxylation is 4. The van der Waals surface area contributed by atoms with Crippen molar-refractivity contribution >= 4 is 22.5 Å². The molecule has 166 valence electrons. The quantitative estimate of drug-likeness (QED) is 0.567. The SMILES string of the molecule is Cc1nn(C)c(C)c1CCC(=O)N1CCCC(C(=O)c2ccc3c4c(cccc24)CC3)C1. The van der Waals surface area contributed by atoms with E-state index in [1.807, 2.05) is 36.5 Å². The Kier molecular flexibility index (Phi) is 5.36. The third-order valence-electron chi connectivity index (χ3n) is 7.53. The molecule has 5 nitrogen and oxygen atoms in total. The molecule has 5 heteroatoms. The van der Waals surface area contributed by atoms with E-state index < -0.39 is 0 Å². The molecule has 1 amide bonds. The summed E-state index contributed by atoms with van der Waals surface area (Å²) in [6.07, 6.45) is 5.03. The Morgan fingerprint density at radius 2 is 1.88 bits per heavy atom. The minimum absolute atomic E-state index is 0.118. The minimum atomic E-state index is -0.118. The second kappa shape index (κ2) is 8.19. The Bertz CT molecular complexity index is 1210. The van der Waals surface area contributed by atoms with Crippen molar-refractivity contribution in [3.8, 4) is 0 Å². The number of benzene rings is 2. The van der Waals surface area contributed by atoms with Crippen molar-refractivity contribution in [2.45, 2.75) is 52.4 Å². The van der Waals surface area contributed by atoms with E-state index in [-0.39, 0.29) is 17.6 Å². The van der Waals surface area contributed by atoms with E-state index in [1.165, 1.54) is 22.1 Å². The number of likely N-dealkylation sites (tertiary alicyclic amines) is 1. The van der Waals surface area contributed by atoms with E-state index in [9.17, 15) is 9.59 Å². The zero-order valence-corrected chi connectivity index (χ0v) is 19.3. The number of nitrogens with zero attached hydrogens (tertiary/aromatic N) is 3. The van der Waals surface area contributed by atoms with Crippen molar-refractivity contribution in [1.29, 1.82) is 0 Å². The summed E-state index contributed by atoms with van der Waals surface area (Å²) < 4.78 is 1.88. The van der Waals surface area contributed by atoms with Gasteiger partial charge in [0.05, 0.1) is 5.69 Å². The van der Waals surface area contributed by atoms with Crippen LogP contribution >= 0.6 is 0 Å². The molecule has 1 aromatic heterocycles. The van der Waals surface area contributed by atoms with Gasteiger partial charge in [0.2, 0.25) is 5.91 Å². The predicted molar refractivity (Wildman–Crippen MR) is 126 cm³/mol. The maximum absolute atomic E-state index is 13.5. The topological polar surface area (TPSA) is 55.2 Å². The molecular formula is C27H31N3O2. The molecule has 0 bridgehead atoms. The molecule has 5 rings (SSSR count). The van der Waals surface area contributed by atoms with E-state index in [2.05, 4.69) is 29.4 Å². The normalized spacial score (nSPS) is 17.8. The number of carbonyl (C=O) groups is 2. The molecule has 3 aromatic rings. The van der Waals surface area contributed by atoms with Crippen LogP contribution in [0.25, 0.3) is 10.8 Å². The average molecular weight is 430 g/mol. The van der Waals surface area contributed by atoms with E-state index in [1.54, 1.807) is 0 Å². The van der Waals surface area contributed by atoms with Crippen molar-refractivity contribution in [3.63, 3.8) is 0 Å². The van der Waals surface area contributed by atoms with Crippen molar-refractivity contribution in [3.05, 3.63) is 64.0 Å². The number of rotatable bonds is 5. The molecule has 1 aliphatic heterocycles. The van der Waals surface area contributed by atoms with Crippen LogP contribution in [0.15, 0.2) is 30.3 Å². The molecule has 0 saturated carbocycles. The molecule has 1 atom stereocenters. The number of piperidine rings is 1. The van der Waals surface area contributed by atoms with E-state index >= 15 is 0 Å². The van der Waals surface area contributed by atoms with E-state index in [4.69, 9.17) is 0 Å². The van der Waals surface area contributed by atoms with Gasteiger partial charge in [0, 0.05) is 43.7 Å². The highest BCUT2D eigenvalue weighted by Crippen LogP contribution is 2.34. The van der Waals surface area contributed by atoms with E-state index in [0.717, 1.165) is 54.6 Å². The number of aromatic nitrogens is 2. The van der Waals surface area contributed by atoms with Crippen molar-refractivity contribution < 1.29 is 9.59 Å². The highest BCUT2D eigenvalue weighted by molar-refractivity contribution is 6.11. The smallest absolute Gasteiger partial charge is 0.222 e. The van der Waals surface area contributed by atoms with Gasteiger partial charge in [-0.2, -0.15) is 5.10 Å². The van der Waals surface area contributed by atoms with Gasteiger partial charge >= 0.3 is 0 Å². The monoisotopic (exact) mass is 429 g/mol. The van der Waals surface area contributed by atoms with Gasteiger partial charge in [-0.25, -0.2) is 0 Å². The Labute approximate surface area is 189 Å². The minimum Gasteiger partial charge on any atom is -0.342 e. The average Bonchev–Trinajstić information content (AvgIpc) is 3.33. The number of ketones is 1. The number of hydrogen-bond donors (Lipinski definition) is 0. The third-order valence-corrected chi connectivity index (χ3v) is 7.53. The standard InChI is InChI=1S/C27H31N3O2/c1-17-22(18(2)29(3)28-17)13-14-25(31)30-15-5-7-21(16-30)27(32)24-12-11-20-10-9-19-6-4-8-23(24)26(19)20/h4,6,8,11-12,21H,5,7,9-10,13-16H2,1-3H3. The summed E-state index contributed by atoms with van der Waals surface area (Å²) in [4.78, 5) is 28.5. The Hall–Kier alpha value is -2.95. The summed E-state index contributed by atoms with van der Waals surface area (Å²) in [5.41, 5.74) is 6.82. The molecule has 0 N–H and O–H groups in total. The summed E-state index contributed by atoms with van der Waals surface area (Å²) in [6.45, 7) is 5.33. The van der Waals surface area contributed by atoms with Gasteiger partial charge < -0.3 is 4.90 Å². The maximum atomic E-state index is 13.5. The highest BCUT2D eigenvalue weighted by Gasteiger charge is 2.30. The van der Waals surface area contributed by atoms with Crippen LogP contribution in [0, 0.1) is 19.8 Å². The van der Waals surface area contributed by atoms with Crippen LogP contribution in [0.1, 0.15) is 57.7 Å². The van der Waals surface area contributed by atoms with E-state index in [0.29, 0.717) is 19.4 Å². The molecule has 2 aromatic carbocycles. The maximum Gasteiger partial charge on any atom is 0.222 e. The first kappa shape index (κ1) is 20.9. The van der Waals surface area contributed by atoms with Crippen LogP contribution in [0.4, 0.5) is 0 Å². The second-order valence-electron chi connectivity index (χ2n) is 9.43. The lowest BCUT2D eigenvalue weighted by Gasteiger charge is -2.32. The lowest BCUT2D eigenvalue weighted by molar-refractivity contribution is -0.132. The first-order chi connectivity index (χ1) is 15.4. The van der Waals surface area contributed by atoms with Crippen LogP contribution in [0.3, 0.4) is 0 Å². The second-order valence-corrected chi connectivity index (χ2v) is 9.43. The Morgan fingerprint density at radius 1 is 1.09 bits per heavy atom. The zero-order chi connectivity index (χ0) is 22.4. The molecule has 1 saturated heterocycles. The molecular weight excluding hydrogens is 398 g/mol. The number of carbonyl (C=O) groups excluding carboxylic acids is 2. The molecule has 0 spiro atoms. The number of amides is 1. The summed E-state index contributed by atoms with van der Waals surface area (Å²) >= 11 is 0. The fourth-order valence-electron chi connectivity index (χ4n) is 5.67.